The maximum absolute atomic E-state index is 11.9. The molecule has 0 aliphatic heterocycles. The molecule has 0 spiro atoms. The standard InChI is InChI=1S/C13H13NO3/c1-17-12-7-13(16)14(8-10(12)9-15)11-5-3-2-4-6-11/h2-8,15H,9H2,1H3. The molecular weight excluding hydrogens is 218 g/mol. The van der Waals surface area contributed by atoms with E-state index in [-0.39, 0.29) is 12.2 Å². The maximum Gasteiger partial charge on any atom is 0.258 e. The largest absolute Gasteiger partial charge is 0.496 e. The first-order valence-corrected chi connectivity index (χ1v) is 5.22. The first-order chi connectivity index (χ1) is 8.26. The molecule has 0 saturated heterocycles. The zero-order valence-corrected chi connectivity index (χ0v) is 9.46. The van der Waals surface area contributed by atoms with Crippen molar-refractivity contribution in [3.63, 3.8) is 0 Å². The molecule has 0 aliphatic rings. The van der Waals surface area contributed by atoms with Crippen molar-refractivity contribution in [3.8, 4) is 11.4 Å². The number of hydrogen-bond acceptors (Lipinski definition) is 3. The number of aliphatic hydroxyl groups is 1. The molecule has 2 aromatic rings. The van der Waals surface area contributed by atoms with Crippen molar-refractivity contribution >= 4 is 0 Å². The Bertz CT molecular complexity index is 561. The van der Waals surface area contributed by atoms with E-state index in [9.17, 15) is 9.90 Å². The van der Waals surface area contributed by atoms with Gasteiger partial charge >= 0.3 is 0 Å². The van der Waals surface area contributed by atoms with Crippen LogP contribution in [0.25, 0.3) is 5.69 Å². The summed E-state index contributed by atoms with van der Waals surface area (Å²) in [5.41, 5.74) is 1.15. The Kier molecular flexibility index (Phi) is 3.25. The Morgan fingerprint density at radius 3 is 2.59 bits per heavy atom. The highest BCUT2D eigenvalue weighted by Gasteiger charge is 2.07. The quantitative estimate of drug-likeness (QED) is 0.867. The zero-order chi connectivity index (χ0) is 12.3. The van der Waals surface area contributed by atoms with Crippen LogP contribution in [0.4, 0.5) is 0 Å². The third kappa shape index (κ3) is 2.21. The molecule has 2 rings (SSSR count). The van der Waals surface area contributed by atoms with Crippen LogP contribution in [0, 0.1) is 0 Å². The topological polar surface area (TPSA) is 51.5 Å². The molecule has 0 atom stereocenters. The molecule has 4 nitrogen and oxygen atoms in total. The summed E-state index contributed by atoms with van der Waals surface area (Å²) in [5.74, 6) is 0.407. The second-order valence-corrected chi connectivity index (χ2v) is 3.57. The summed E-state index contributed by atoms with van der Waals surface area (Å²) in [6.45, 7) is -0.170. The van der Waals surface area contributed by atoms with Crippen molar-refractivity contribution in [1.29, 1.82) is 0 Å². The fraction of sp³-hybridized carbons (Fsp3) is 0.154. The first-order valence-electron chi connectivity index (χ1n) is 5.22. The van der Waals surface area contributed by atoms with Crippen LogP contribution in [0.2, 0.25) is 0 Å². The van der Waals surface area contributed by atoms with Gasteiger partial charge in [-0.2, -0.15) is 0 Å². The van der Waals surface area contributed by atoms with Gasteiger partial charge in [0.25, 0.3) is 5.56 Å². The number of methoxy groups -OCH3 is 1. The van der Waals surface area contributed by atoms with E-state index in [1.165, 1.54) is 17.7 Å². The summed E-state index contributed by atoms with van der Waals surface area (Å²) < 4.78 is 6.51. The Balaban J connectivity index is 2.60. The lowest BCUT2D eigenvalue weighted by molar-refractivity contribution is 0.272. The SMILES string of the molecule is COc1cc(=O)n(-c2ccccc2)cc1CO. The Morgan fingerprint density at radius 2 is 2.00 bits per heavy atom. The molecule has 1 heterocycles. The maximum atomic E-state index is 11.9. The van der Waals surface area contributed by atoms with Crippen LogP contribution >= 0.6 is 0 Å². The van der Waals surface area contributed by atoms with Gasteiger partial charge < -0.3 is 9.84 Å². The van der Waals surface area contributed by atoms with Crippen molar-refractivity contribution in [2.24, 2.45) is 0 Å². The minimum absolute atomic E-state index is 0.170. The molecule has 0 amide bonds. The molecule has 88 valence electrons. The van der Waals surface area contributed by atoms with Crippen molar-refractivity contribution in [2.45, 2.75) is 6.61 Å². The molecule has 1 aromatic heterocycles. The summed E-state index contributed by atoms with van der Waals surface area (Å²) in [7, 11) is 1.47. The van der Waals surface area contributed by atoms with Gasteiger partial charge in [-0.15, -0.1) is 0 Å². The summed E-state index contributed by atoms with van der Waals surface area (Å²) in [6.07, 6.45) is 1.59. The van der Waals surface area contributed by atoms with Crippen LogP contribution in [-0.4, -0.2) is 16.8 Å². The summed E-state index contributed by atoms with van der Waals surface area (Å²) in [6, 6.07) is 10.6. The summed E-state index contributed by atoms with van der Waals surface area (Å²) in [5, 5.41) is 9.22. The number of pyridine rings is 1. The van der Waals surface area contributed by atoms with Crippen molar-refractivity contribution < 1.29 is 9.84 Å². The third-order valence-electron chi connectivity index (χ3n) is 2.52. The normalized spacial score (nSPS) is 10.2. The van der Waals surface area contributed by atoms with Crippen LogP contribution < -0.4 is 10.3 Å². The second-order valence-electron chi connectivity index (χ2n) is 3.57. The highest BCUT2D eigenvalue weighted by Crippen LogP contribution is 2.16. The highest BCUT2D eigenvalue weighted by atomic mass is 16.5. The first kappa shape index (κ1) is 11.4. The Hall–Kier alpha value is -2.07. The minimum atomic E-state index is -0.190. The number of benzene rings is 1. The molecule has 17 heavy (non-hydrogen) atoms. The number of aliphatic hydroxyl groups excluding tert-OH is 1. The molecule has 0 radical (unpaired) electrons. The summed E-state index contributed by atoms with van der Waals surface area (Å²) in [4.78, 5) is 11.9. The fourth-order valence-electron chi connectivity index (χ4n) is 1.66. The highest BCUT2D eigenvalue weighted by molar-refractivity contribution is 5.37. The van der Waals surface area contributed by atoms with Gasteiger partial charge in [-0.25, -0.2) is 0 Å². The van der Waals surface area contributed by atoms with E-state index < -0.39 is 0 Å². The molecule has 4 heteroatoms. The number of para-hydroxylation sites is 1. The van der Waals surface area contributed by atoms with Gasteiger partial charge in [0.1, 0.15) is 5.75 Å². The smallest absolute Gasteiger partial charge is 0.258 e. The van der Waals surface area contributed by atoms with Crippen LogP contribution in [0.3, 0.4) is 0 Å². The number of ether oxygens (including phenoxy) is 1. The van der Waals surface area contributed by atoms with E-state index in [4.69, 9.17) is 4.74 Å². The predicted molar refractivity (Wildman–Crippen MR) is 64.5 cm³/mol. The van der Waals surface area contributed by atoms with Crippen LogP contribution in [0.15, 0.2) is 47.4 Å². The third-order valence-corrected chi connectivity index (χ3v) is 2.52. The number of hydrogen-bond donors (Lipinski definition) is 1. The fourth-order valence-corrected chi connectivity index (χ4v) is 1.66. The van der Waals surface area contributed by atoms with Crippen molar-refractivity contribution in [3.05, 3.63) is 58.5 Å². The van der Waals surface area contributed by atoms with E-state index in [1.54, 1.807) is 6.20 Å². The lowest BCUT2D eigenvalue weighted by atomic mass is 10.2. The van der Waals surface area contributed by atoms with E-state index >= 15 is 0 Å². The van der Waals surface area contributed by atoms with E-state index in [2.05, 4.69) is 0 Å². The molecule has 0 saturated carbocycles. The molecule has 0 aliphatic carbocycles. The molecule has 0 bridgehead atoms. The molecular formula is C13H13NO3. The second kappa shape index (κ2) is 4.84. The lowest BCUT2D eigenvalue weighted by Crippen LogP contribution is -2.18. The lowest BCUT2D eigenvalue weighted by Gasteiger charge is -2.10. The van der Waals surface area contributed by atoms with Crippen LogP contribution in [-0.2, 0) is 6.61 Å². The molecule has 0 fully saturated rings. The van der Waals surface area contributed by atoms with Gasteiger partial charge in [0.2, 0.25) is 0 Å². The average Bonchev–Trinajstić information content (AvgIpc) is 2.39. The van der Waals surface area contributed by atoms with Gasteiger partial charge in [-0.1, -0.05) is 18.2 Å². The Labute approximate surface area is 98.7 Å². The summed E-state index contributed by atoms with van der Waals surface area (Å²) >= 11 is 0. The minimum Gasteiger partial charge on any atom is -0.496 e. The van der Waals surface area contributed by atoms with E-state index in [0.29, 0.717) is 11.3 Å². The molecule has 1 N–H and O–H groups in total. The number of aromatic nitrogens is 1. The van der Waals surface area contributed by atoms with E-state index in [0.717, 1.165) is 5.69 Å². The van der Waals surface area contributed by atoms with Gasteiger partial charge in [0, 0.05) is 23.5 Å². The average molecular weight is 231 g/mol. The number of nitrogens with zero attached hydrogens (tertiary/aromatic N) is 1. The van der Waals surface area contributed by atoms with Gasteiger partial charge in [0.15, 0.2) is 0 Å². The monoisotopic (exact) mass is 231 g/mol. The molecule has 0 unspecified atom stereocenters. The van der Waals surface area contributed by atoms with Gasteiger partial charge in [-0.05, 0) is 12.1 Å². The Morgan fingerprint density at radius 1 is 1.29 bits per heavy atom. The van der Waals surface area contributed by atoms with Crippen molar-refractivity contribution in [2.75, 3.05) is 7.11 Å². The van der Waals surface area contributed by atoms with Gasteiger partial charge in [0.05, 0.1) is 13.7 Å². The van der Waals surface area contributed by atoms with Gasteiger partial charge in [-0.3, -0.25) is 9.36 Å². The zero-order valence-electron chi connectivity index (χ0n) is 9.46. The van der Waals surface area contributed by atoms with Crippen LogP contribution in [0.5, 0.6) is 5.75 Å². The van der Waals surface area contributed by atoms with E-state index in [1.807, 2.05) is 30.3 Å². The van der Waals surface area contributed by atoms with Crippen LogP contribution in [0.1, 0.15) is 5.56 Å². The van der Waals surface area contributed by atoms with Crippen molar-refractivity contribution in [1.82, 2.24) is 4.57 Å². The predicted octanol–water partition coefficient (Wildman–Crippen LogP) is 1.34. The molecule has 1 aromatic carbocycles. The number of rotatable bonds is 3.